The van der Waals surface area contributed by atoms with Crippen LogP contribution in [0.4, 0.5) is 14.7 Å². The second-order valence-corrected chi connectivity index (χ2v) is 8.52. The summed E-state index contributed by atoms with van der Waals surface area (Å²) in [6, 6.07) is 6.83. The second-order valence-electron chi connectivity index (χ2n) is 8.52. The Morgan fingerprint density at radius 2 is 1.97 bits per heavy atom. The van der Waals surface area contributed by atoms with Crippen LogP contribution in [-0.2, 0) is 19.5 Å². The quantitative estimate of drug-likeness (QED) is 0.467. The van der Waals surface area contributed by atoms with Crippen LogP contribution >= 0.6 is 0 Å². The summed E-state index contributed by atoms with van der Waals surface area (Å²) >= 11 is 0. The van der Waals surface area contributed by atoms with Crippen molar-refractivity contribution in [2.45, 2.75) is 26.4 Å². The SMILES string of the molecule is Cc1c(-c2cnc(NCc3c(F)ccc4c3CCO4)n3ccnc23)ccc(CN(C)C)c1F. The Morgan fingerprint density at radius 1 is 1.12 bits per heavy atom. The Labute approximate surface area is 190 Å². The van der Waals surface area contributed by atoms with Gasteiger partial charge in [0, 0.05) is 60.4 Å². The zero-order valence-electron chi connectivity index (χ0n) is 18.8. The molecule has 170 valence electrons. The second kappa shape index (κ2) is 8.44. The molecule has 4 aromatic rings. The molecule has 0 radical (unpaired) electrons. The van der Waals surface area contributed by atoms with Crippen LogP contribution < -0.4 is 10.1 Å². The molecule has 1 aliphatic rings. The lowest BCUT2D eigenvalue weighted by Gasteiger charge is -2.16. The first kappa shape index (κ1) is 21.3. The maximum absolute atomic E-state index is 15.0. The lowest BCUT2D eigenvalue weighted by atomic mass is 9.99. The monoisotopic (exact) mass is 449 g/mol. The lowest BCUT2D eigenvalue weighted by Crippen LogP contribution is -2.13. The molecule has 8 heteroatoms. The number of imidazole rings is 1. The summed E-state index contributed by atoms with van der Waals surface area (Å²) in [6.45, 7) is 3.13. The fourth-order valence-electron chi connectivity index (χ4n) is 4.41. The third-order valence-corrected chi connectivity index (χ3v) is 6.03. The van der Waals surface area contributed by atoms with Crippen molar-refractivity contribution in [1.29, 1.82) is 0 Å². The van der Waals surface area contributed by atoms with E-state index in [4.69, 9.17) is 4.74 Å². The Kier molecular flexibility index (Phi) is 5.46. The molecule has 1 N–H and O–H groups in total. The van der Waals surface area contributed by atoms with Crippen molar-refractivity contribution in [3.63, 3.8) is 0 Å². The maximum Gasteiger partial charge on any atom is 0.208 e. The van der Waals surface area contributed by atoms with Gasteiger partial charge < -0.3 is 15.0 Å². The van der Waals surface area contributed by atoms with Crippen molar-refractivity contribution in [2.75, 3.05) is 26.0 Å². The van der Waals surface area contributed by atoms with Gasteiger partial charge >= 0.3 is 0 Å². The van der Waals surface area contributed by atoms with Crippen molar-refractivity contribution in [2.24, 2.45) is 0 Å². The molecule has 3 heterocycles. The summed E-state index contributed by atoms with van der Waals surface area (Å²) in [5, 5.41) is 3.23. The number of rotatable bonds is 6. The highest BCUT2D eigenvalue weighted by Gasteiger charge is 2.20. The molecular formula is C25H25F2N5O. The zero-order valence-corrected chi connectivity index (χ0v) is 18.8. The van der Waals surface area contributed by atoms with Crippen LogP contribution in [0.3, 0.4) is 0 Å². The van der Waals surface area contributed by atoms with Gasteiger partial charge in [-0.3, -0.25) is 4.40 Å². The van der Waals surface area contributed by atoms with Gasteiger partial charge in [-0.1, -0.05) is 12.1 Å². The highest BCUT2D eigenvalue weighted by molar-refractivity contribution is 5.80. The van der Waals surface area contributed by atoms with E-state index in [0.717, 1.165) is 22.4 Å². The molecular weight excluding hydrogens is 424 g/mol. The number of fused-ring (bicyclic) bond motifs is 2. The van der Waals surface area contributed by atoms with E-state index in [9.17, 15) is 4.39 Å². The fourth-order valence-corrected chi connectivity index (χ4v) is 4.41. The van der Waals surface area contributed by atoms with Gasteiger partial charge in [0.25, 0.3) is 0 Å². The normalized spacial score (nSPS) is 12.9. The van der Waals surface area contributed by atoms with E-state index in [1.54, 1.807) is 36.0 Å². The topological polar surface area (TPSA) is 54.7 Å². The smallest absolute Gasteiger partial charge is 0.208 e. The summed E-state index contributed by atoms with van der Waals surface area (Å²) in [5.74, 6) is 0.780. The van der Waals surface area contributed by atoms with Crippen LogP contribution in [0.25, 0.3) is 16.8 Å². The number of aromatic nitrogens is 3. The largest absolute Gasteiger partial charge is 0.493 e. The molecule has 0 bridgehead atoms. The van der Waals surface area contributed by atoms with Crippen LogP contribution in [-0.4, -0.2) is 40.0 Å². The first-order valence-corrected chi connectivity index (χ1v) is 10.9. The first-order chi connectivity index (χ1) is 15.9. The van der Waals surface area contributed by atoms with Gasteiger partial charge in [-0.25, -0.2) is 18.7 Å². The number of nitrogens with zero attached hydrogens (tertiary/aromatic N) is 4. The predicted molar refractivity (Wildman–Crippen MR) is 123 cm³/mol. The molecule has 0 spiro atoms. The van der Waals surface area contributed by atoms with Crippen LogP contribution in [0.15, 0.2) is 42.9 Å². The highest BCUT2D eigenvalue weighted by atomic mass is 19.1. The van der Waals surface area contributed by atoms with Crippen LogP contribution in [0.5, 0.6) is 5.75 Å². The van der Waals surface area contributed by atoms with Gasteiger partial charge in [0.15, 0.2) is 0 Å². The molecule has 0 unspecified atom stereocenters. The van der Waals surface area contributed by atoms with Crippen molar-refractivity contribution in [3.8, 4) is 16.9 Å². The average molecular weight is 450 g/mol. The van der Waals surface area contributed by atoms with Crippen LogP contribution in [0.1, 0.15) is 22.3 Å². The molecule has 2 aromatic carbocycles. The van der Waals surface area contributed by atoms with E-state index in [2.05, 4.69) is 15.3 Å². The molecule has 6 nitrogen and oxygen atoms in total. The number of anilines is 1. The van der Waals surface area contributed by atoms with E-state index in [1.165, 1.54) is 6.07 Å². The van der Waals surface area contributed by atoms with Crippen molar-refractivity contribution in [1.82, 2.24) is 19.3 Å². The number of ether oxygens (including phenoxy) is 1. The van der Waals surface area contributed by atoms with Gasteiger partial charge in [-0.05, 0) is 44.3 Å². The van der Waals surface area contributed by atoms with E-state index in [1.807, 2.05) is 31.1 Å². The third kappa shape index (κ3) is 3.80. The summed E-state index contributed by atoms with van der Waals surface area (Å²) in [7, 11) is 3.82. The van der Waals surface area contributed by atoms with Gasteiger partial charge in [0.05, 0.1) is 6.61 Å². The Bertz CT molecular complexity index is 1350. The van der Waals surface area contributed by atoms with E-state index < -0.39 is 0 Å². The molecule has 5 rings (SSSR count). The van der Waals surface area contributed by atoms with E-state index in [-0.39, 0.29) is 18.2 Å². The summed E-state index contributed by atoms with van der Waals surface area (Å²) in [6.07, 6.45) is 5.83. The summed E-state index contributed by atoms with van der Waals surface area (Å²) in [5.41, 5.74) is 4.81. The van der Waals surface area contributed by atoms with Crippen molar-refractivity contribution >= 4 is 11.6 Å². The Balaban J connectivity index is 1.48. The zero-order chi connectivity index (χ0) is 23.1. The molecule has 0 fully saturated rings. The average Bonchev–Trinajstić information content (AvgIpc) is 3.46. The highest BCUT2D eigenvalue weighted by Crippen LogP contribution is 2.32. The molecule has 0 aliphatic carbocycles. The number of halogens is 2. The molecule has 33 heavy (non-hydrogen) atoms. The minimum Gasteiger partial charge on any atom is -0.493 e. The summed E-state index contributed by atoms with van der Waals surface area (Å²) < 4.78 is 36.9. The molecule has 0 amide bonds. The molecule has 2 aromatic heterocycles. The van der Waals surface area contributed by atoms with Gasteiger partial charge in [-0.2, -0.15) is 0 Å². The number of nitrogens with one attached hydrogen (secondary N) is 1. The number of hydrogen-bond donors (Lipinski definition) is 1. The first-order valence-electron chi connectivity index (χ1n) is 10.9. The standard InChI is InChI=1S/C25H25F2N5O/c1-15-17(5-4-16(23(15)27)14-31(2)3)20-13-30-25(32-10-9-28-24(20)32)29-12-19-18-8-11-33-22(18)7-6-21(19)26/h4-7,9-10,13H,8,11-12,14H2,1-3H3,(H,29,30). The van der Waals surface area contributed by atoms with E-state index >= 15 is 4.39 Å². The van der Waals surface area contributed by atoms with Gasteiger partial charge in [0.2, 0.25) is 5.95 Å². The van der Waals surface area contributed by atoms with Gasteiger partial charge in [0.1, 0.15) is 23.0 Å². The lowest BCUT2D eigenvalue weighted by molar-refractivity contribution is 0.356. The van der Waals surface area contributed by atoms with Crippen LogP contribution in [0, 0.1) is 18.6 Å². The fraction of sp³-hybridized carbons (Fsp3) is 0.280. The Morgan fingerprint density at radius 3 is 2.79 bits per heavy atom. The molecule has 0 saturated carbocycles. The molecule has 1 aliphatic heterocycles. The number of hydrogen-bond acceptors (Lipinski definition) is 5. The minimum absolute atomic E-state index is 0.219. The molecule has 0 atom stereocenters. The predicted octanol–water partition coefficient (Wildman–Crippen LogP) is 4.59. The van der Waals surface area contributed by atoms with Gasteiger partial charge in [-0.15, -0.1) is 0 Å². The maximum atomic E-state index is 15.0. The minimum atomic E-state index is -0.269. The Hall–Kier alpha value is -3.52. The van der Waals surface area contributed by atoms with Crippen molar-refractivity contribution in [3.05, 3.63) is 76.7 Å². The van der Waals surface area contributed by atoms with E-state index in [0.29, 0.717) is 47.9 Å². The van der Waals surface area contributed by atoms with Crippen LogP contribution in [0.2, 0.25) is 0 Å². The number of benzene rings is 2. The molecule has 0 saturated heterocycles. The van der Waals surface area contributed by atoms with Crippen molar-refractivity contribution < 1.29 is 13.5 Å². The third-order valence-electron chi connectivity index (χ3n) is 6.03. The summed E-state index contributed by atoms with van der Waals surface area (Å²) in [4.78, 5) is 11.0.